The largest absolute Gasteiger partial charge is 0.462 e. The van der Waals surface area contributed by atoms with Crippen LogP contribution in [0.3, 0.4) is 0 Å². The number of ether oxygens (including phenoxy) is 2. The molecule has 3 aromatic rings. The van der Waals surface area contributed by atoms with Gasteiger partial charge in [-0.3, -0.25) is 9.59 Å². The van der Waals surface area contributed by atoms with E-state index in [0.717, 1.165) is 4.88 Å². The number of benzene rings is 1. The summed E-state index contributed by atoms with van der Waals surface area (Å²) in [5.41, 5.74) is 0.722. The number of anilines is 1. The minimum Gasteiger partial charge on any atom is -0.462 e. The number of rotatable bonds is 10. The number of nitrogens with one attached hydrogen (secondary N) is 2. The van der Waals surface area contributed by atoms with Crippen molar-refractivity contribution in [3.63, 3.8) is 0 Å². The lowest BCUT2D eigenvalue weighted by atomic mass is 10.1. The fourth-order valence-electron chi connectivity index (χ4n) is 2.99. The molecule has 0 spiro atoms. The second kappa shape index (κ2) is 11.8. The fraction of sp³-hybridized carbons (Fsp3) is 0.250. The number of esters is 2. The molecule has 2 N–H and O–H groups in total. The first-order valence-electron chi connectivity index (χ1n) is 10.6. The molecular weight excluding hydrogens is 460 g/mol. The van der Waals surface area contributed by atoms with Gasteiger partial charge in [0.15, 0.2) is 18.4 Å². The molecule has 10 heteroatoms. The van der Waals surface area contributed by atoms with Crippen LogP contribution in [-0.2, 0) is 25.5 Å². The highest BCUT2D eigenvalue weighted by molar-refractivity contribution is 7.16. The molecule has 0 aliphatic heterocycles. The van der Waals surface area contributed by atoms with Crippen LogP contribution in [0.15, 0.2) is 59.2 Å². The molecule has 0 aliphatic rings. The monoisotopic (exact) mass is 484 g/mol. The summed E-state index contributed by atoms with van der Waals surface area (Å²) in [6.45, 7) is 3.21. The summed E-state index contributed by atoms with van der Waals surface area (Å²) >= 11 is 1.25. The molecule has 0 saturated carbocycles. The molecule has 0 aliphatic carbocycles. The van der Waals surface area contributed by atoms with Gasteiger partial charge in [0.1, 0.15) is 5.00 Å². The molecule has 1 unspecified atom stereocenters. The van der Waals surface area contributed by atoms with Crippen LogP contribution in [0.1, 0.15) is 51.2 Å². The number of amides is 2. The molecule has 0 radical (unpaired) electrons. The predicted molar refractivity (Wildman–Crippen MR) is 125 cm³/mol. The Hall–Kier alpha value is -3.92. The van der Waals surface area contributed by atoms with E-state index in [4.69, 9.17) is 13.9 Å². The van der Waals surface area contributed by atoms with E-state index >= 15 is 0 Å². The molecule has 1 aromatic carbocycles. The number of hydrogen-bond acceptors (Lipinski definition) is 8. The Morgan fingerprint density at radius 2 is 1.79 bits per heavy atom. The SMILES string of the molecule is CCOC(=O)c1cc(CC)sc1NC(=O)COC(=O)C(NC(=O)c1ccco1)c1ccccc1. The van der Waals surface area contributed by atoms with Crippen molar-refractivity contribution in [3.05, 3.63) is 76.6 Å². The fourth-order valence-corrected chi connectivity index (χ4v) is 3.99. The van der Waals surface area contributed by atoms with Gasteiger partial charge in [-0.2, -0.15) is 0 Å². The normalized spacial score (nSPS) is 11.4. The number of carbonyl (C=O) groups is 4. The van der Waals surface area contributed by atoms with Gasteiger partial charge in [0.2, 0.25) is 0 Å². The van der Waals surface area contributed by atoms with Gasteiger partial charge in [-0.15, -0.1) is 11.3 Å². The van der Waals surface area contributed by atoms with E-state index in [0.29, 0.717) is 17.0 Å². The van der Waals surface area contributed by atoms with Crippen molar-refractivity contribution in [1.82, 2.24) is 5.32 Å². The highest BCUT2D eigenvalue weighted by atomic mass is 32.1. The maximum atomic E-state index is 12.8. The van der Waals surface area contributed by atoms with Gasteiger partial charge in [0, 0.05) is 4.88 Å². The van der Waals surface area contributed by atoms with Crippen LogP contribution >= 0.6 is 11.3 Å². The zero-order valence-electron chi connectivity index (χ0n) is 18.7. The van der Waals surface area contributed by atoms with Crippen LogP contribution in [-0.4, -0.2) is 37.0 Å². The van der Waals surface area contributed by atoms with E-state index in [1.807, 2.05) is 6.92 Å². The summed E-state index contributed by atoms with van der Waals surface area (Å²) in [4.78, 5) is 50.8. The Balaban J connectivity index is 1.67. The molecule has 0 bridgehead atoms. The molecule has 0 fully saturated rings. The van der Waals surface area contributed by atoms with Gasteiger partial charge in [-0.1, -0.05) is 37.3 Å². The van der Waals surface area contributed by atoms with E-state index in [9.17, 15) is 19.2 Å². The quantitative estimate of drug-likeness (QED) is 0.420. The van der Waals surface area contributed by atoms with E-state index in [1.54, 1.807) is 49.4 Å². The Labute approximate surface area is 200 Å². The number of aryl methyl sites for hydroxylation is 1. The summed E-state index contributed by atoms with van der Waals surface area (Å²) in [5.74, 6) is -2.58. The average molecular weight is 485 g/mol. The first-order valence-corrected chi connectivity index (χ1v) is 11.4. The number of thiophene rings is 1. The molecule has 9 nitrogen and oxygen atoms in total. The lowest BCUT2D eigenvalue weighted by Gasteiger charge is -2.17. The zero-order valence-corrected chi connectivity index (χ0v) is 19.5. The summed E-state index contributed by atoms with van der Waals surface area (Å²) in [6.07, 6.45) is 2.02. The highest BCUT2D eigenvalue weighted by Gasteiger charge is 2.27. The lowest BCUT2D eigenvalue weighted by molar-refractivity contribution is -0.149. The van der Waals surface area contributed by atoms with Crippen LogP contribution in [0, 0.1) is 0 Å². The van der Waals surface area contributed by atoms with Crippen molar-refractivity contribution in [1.29, 1.82) is 0 Å². The molecule has 2 heterocycles. The third kappa shape index (κ3) is 6.32. The van der Waals surface area contributed by atoms with Gasteiger partial charge in [0.05, 0.1) is 18.4 Å². The minimum absolute atomic E-state index is 0.0300. The van der Waals surface area contributed by atoms with Crippen molar-refractivity contribution >= 4 is 40.1 Å². The van der Waals surface area contributed by atoms with Gasteiger partial charge >= 0.3 is 11.9 Å². The summed E-state index contributed by atoms with van der Waals surface area (Å²) in [7, 11) is 0. The number of hydrogen-bond donors (Lipinski definition) is 2. The van der Waals surface area contributed by atoms with Crippen LogP contribution in [0.5, 0.6) is 0 Å². The van der Waals surface area contributed by atoms with Crippen LogP contribution in [0.25, 0.3) is 0 Å². The summed E-state index contributed by atoms with van der Waals surface area (Å²) < 4.78 is 15.3. The van der Waals surface area contributed by atoms with Crippen LogP contribution in [0.4, 0.5) is 5.00 Å². The summed E-state index contributed by atoms with van der Waals surface area (Å²) in [6, 6.07) is 12.0. The molecule has 2 amide bonds. The van der Waals surface area contributed by atoms with Crippen molar-refractivity contribution in [2.75, 3.05) is 18.5 Å². The Morgan fingerprint density at radius 1 is 1.03 bits per heavy atom. The molecule has 2 aromatic heterocycles. The van der Waals surface area contributed by atoms with E-state index < -0.39 is 36.4 Å². The van der Waals surface area contributed by atoms with Gasteiger partial charge < -0.3 is 24.5 Å². The predicted octanol–water partition coefficient (Wildman–Crippen LogP) is 3.73. The van der Waals surface area contributed by atoms with Gasteiger partial charge in [-0.25, -0.2) is 9.59 Å². The average Bonchev–Trinajstić information content (AvgIpc) is 3.52. The highest BCUT2D eigenvalue weighted by Crippen LogP contribution is 2.29. The lowest BCUT2D eigenvalue weighted by Crippen LogP contribution is -2.36. The number of furan rings is 1. The van der Waals surface area contributed by atoms with Crippen molar-refractivity contribution < 1.29 is 33.1 Å². The standard InChI is InChI=1S/C24H24N2O7S/c1-3-16-13-17(23(29)31-4-2)22(34-16)25-19(27)14-33-24(30)20(15-9-6-5-7-10-15)26-21(28)18-11-8-12-32-18/h5-13,20H,3-4,14H2,1-2H3,(H,25,27)(H,26,28). The maximum absolute atomic E-state index is 12.8. The minimum atomic E-state index is -1.16. The molecule has 178 valence electrons. The van der Waals surface area contributed by atoms with E-state index in [1.165, 1.54) is 23.7 Å². The molecule has 0 saturated heterocycles. The third-order valence-corrected chi connectivity index (χ3v) is 5.81. The number of carbonyl (C=O) groups excluding carboxylic acids is 4. The Kier molecular flexibility index (Phi) is 8.58. The van der Waals surface area contributed by atoms with Gasteiger partial charge in [-0.05, 0) is 37.1 Å². The topological polar surface area (TPSA) is 124 Å². The smallest absolute Gasteiger partial charge is 0.341 e. The Bertz CT molecular complexity index is 1140. The van der Waals surface area contributed by atoms with E-state index in [-0.39, 0.29) is 17.9 Å². The Morgan fingerprint density at radius 3 is 2.44 bits per heavy atom. The molecule has 3 rings (SSSR count). The second-order valence-corrected chi connectivity index (χ2v) is 8.12. The first kappa shape index (κ1) is 24.7. The van der Waals surface area contributed by atoms with Crippen LogP contribution < -0.4 is 10.6 Å². The van der Waals surface area contributed by atoms with Gasteiger partial charge in [0.25, 0.3) is 11.8 Å². The van der Waals surface area contributed by atoms with Crippen molar-refractivity contribution in [2.45, 2.75) is 26.3 Å². The van der Waals surface area contributed by atoms with Crippen molar-refractivity contribution in [2.24, 2.45) is 0 Å². The molecule has 34 heavy (non-hydrogen) atoms. The molecular formula is C24H24N2O7S. The third-order valence-electron chi connectivity index (χ3n) is 4.61. The molecule has 1 atom stereocenters. The van der Waals surface area contributed by atoms with E-state index in [2.05, 4.69) is 10.6 Å². The zero-order chi connectivity index (χ0) is 24.5. The van der Waals surface area contributed by atoms with Crippen LogP contribution in [0.2, 0.25) is 0 Å². The second-order valence-electron chi connectivity index (χ2n) is 6.98. The van der Waals surface area contributed by atoms with Crippen molar-refractivity contribution in [3.8, 4) is 0 Å². The first-order chi connectivity index (χ1) is 16.4. The maximum Gasteiger partial charge on any atom is 0.341 e. The summed E-state index contributed by atoms with van der Waals surface area (Å²) in [5, 5.41) is 5.48.